The van der Waals surface area contributed by atoms with Crippen LogP contribution in [0.4, 0.5) is 11.4 Å². The standard InChI is InChI=1S/C18H15NO2/c20-16-10-8-13(9-11-16)14-4-3-5-15(12-14)19-17-6-1-2-7-18(17)21/h1-12,19-21H. The Morgan fingerprint density at radius 2 is 1.43 bits per heavy atom. The molecular weight excluding hydrogens is 262 g/mol. The Balaban J connectivity index is 1.90. The molecule has 0 fully saturated rings. The lowest BCUT2D eigenvalue weighted by Crippen LogP contribution is -1.90. The van der Waals surface area contributed by atoms with Crippen molar-refractivity contribution in [2.75, 3.05) is 5.32 Å². The molecule has 104 valence electrons. The van der Waals surface area contributed by atoms with Crippen LogP contribution in [0.5, 0.6) is 11.5 Å². The summed E-state index contributed by atoms with van der Waals surface area (Å²) in [4.78, 5) is 0. The first kappa shape index (κ1) is 13.1. The van der Waals surface area contributed by atoms with Crippen LogP contribution in [-0.2, 0) is 0 Å². The summed E-state index contributed by atoms with van der Waals surface area (Å²) in [5.41, 5.74) is 3.62. The second-order valence-electron chi connectivity index (χ2n) is 4.77. The van der Waals surface area contributed by atoms with Crippen molar-refractivity contribution in [3.63, 3.8) is 0 Å². The molecule has 3 aromatic carbocycles. The van der Waals surface area contributed by atoms with Gasteiger partial charge in [0, 0.05) is 5.69 Å². The molecule has 0 spiro atoms. The number of nitrogens with one attached hydrogen (secondary N) is 1. The van der Waals surface area contributed by atoms with E-state index >= 15 is 0 Å². The van der Waals surface area contributed by atoms with Crippen LogP contribution in [0, 0.1) is 0 Å². The van der Waals surface area contributed by atoms with Gasteiger partial charge in [-0.1, -0.05) is 36.4 Å². The maximum atomic E-state index is 9.80. The normalized spacial score (nSPS) is 10.3. The fourth-order valence-electron chi connectivity index (χ4n) is 2.17. The Morgan fingerprint density at radius 3 is 2.19 bits per heavy atom. The quantitative estimate of drug-likeness (QED) is 0.617. The zero-order chi connectivity index (χ0) is 14.7. The molecule has 0 aliphatic rings. The highest BCUT2D eigenvalue weighted by Crippen LogP contribution is 2.29. The van der Waals surface area contributed by atoms with Gasteiger partial charge < -0.3 is 15.5 Å². The smallest absolute Gasteiger partial charge is 0.139 e. The van der Waals surface area contributed by atoms with Gasteiger partial charge >= 0.3 is 0 Å². The maximum absolute atomic E-state index is 9.80. The molecule has 0 aliphatic heterocycles. The SMILES string of the molecule is Oc1ccc(-c2cccc(Nc3ccccc3O)c2)cc1. The van der Waals surface area contributed by atoms with E-state index < -0.39 is 0 Å². The average molecular weight is 277 g/mol. The summed E-state index contributed by atoms with van der Waals surface area (Å²) < 4.78 is 0. The monoisotopic (exact) mass is 277 g/mol. The molecule has 3 aromatic rings. The molecule has 0 aliphatic carbocycles. The van der Waals surface area contributed by atoms with Crippen LogP contribution in [0.1, 0.15) is 0 Å². The molecule has 0 radical (unpaired) electrons. The molecule has 3 rings (SSSR count). The van der Waals surface area contributed by atoms with Gasteiger partial charge in [0.15, 0.2) is 0 Å². The highest BCUT2D eigenvalue weighted by Gasteiger charge is 2.02. The molecule has 0 bridgehead atoms. The van der Waals surface area contributed by atoms with Crippen molar-refractivity contribution in [2.24, 2.45) is 0 Å². The van der Waals surface area contributed by atoms with E-state index in [1.807, 2.05) is 48.5 Å². The van der Waals surface area contributed by atoms with Crippen molar-refractivity contribution >= 4 is 11.4 Å². The number of phenols is 2. The molecule has 0 saturated heterocycles. The van der Waals surface area contributed by atoms with Crippen LogP contribution in [0.2, 0.25) is 0 Å². The molecule has 0 amide bonds. The van der Waals surface area contributed by atoms with Gasteiger partial charge in [-0.2, -0.15) is 0 Å². The van der Waals surface area contributed by atoms with Gasteiger partial charge in [-0.05, 0) is 47.5 Å². The number of benzene rings is 3. The van der Waals surface area contributed by atoms with Crippen LogP contribution >= 0.6 is 0 Å². The number of anilines is 2. The Kier molecular flexibility index (Phi) is 3.48. The van der Waals surface area contributed by atoms with E-state index in [1.54, 1.807) is 24.3 Å². The summed E-state index contributed by atoms with van der Waals surface area (Å²) >= 11 is 0. The molecule has 0 unspecified atom stereocenters. The minimum Gasteiger partial charge on any atom is -0.508 e. The molecule has 3 heteroatoms. The molecule has 0 saturated carbocycles. The lowest BCUT2D eigenvalue weighted by molar-refractivity contribution is 0.475. The van der Waals surface area contributed by atoms with E-state index in [1.165, 1.54) is 0 Å². The molecule has 21 heavy (non-hydrogen) atoms. The second-order valence-corrected chi connectivity index (χ2v) is 4.77. The number of rotatable bonds is 3. The van der Waals surface area contributed by atoms with Crippen molar-refractivity contribution < 1.29 is 10.2 Å². The van der Waals surface area contributed by atoms with Gasteiger partial charge in [0.05, 0.1) is 5.69 Å². The summed E-state index contributed by atoms with van der Waals surface area (Å²) in [6.45, 7) is 0. The largest absolute Gasteiger partial charge is 0.508 e. The van der Waals surface area contributed by atoms with Crippen molar-refractivity contribution in [1.82, 2.24) is 0 Å². The van der Waals surface area contributed by atoms with Crippen molar-refractivity contribution in [3.8, 4) is 22.6 Å². The van der Waals surface area contributed by atoms with Crippen molar-refractivity contribution in [1.29, 1.82) is 0 Å². The van der Waals surface area contributed by atoms with E-state index in [4.69, 9.17) is 0 Å². The Labute approximate surface area is 123 Å². The summed E-state index contributed by atoms with van der Waals surface area (Å²) in [5, 5.41) is 22.3. The Hall–Kier alpha value is -2.94. The van der Waals surface area contributed by atoms with E-state index in [9.17, 15) is 10.2 Å². The zero-order valence-electron chi connectivity index (χ0n) is 11.3. The second kappa shape index (κ2) is 5.59. The minimum absolute atomic E-state index is 0.215. The van der Waals surface area contributed by atoms with E-state index in [0.717, 1.165) is 16.8 Å². The first-order valence-electron chi connectivity index (χ1n) is 6.67. The number of para-hydroxylation sites is 2. The van der Waals surface area contributed by atoms with Crippen LogP contribution in [-0.4, -0.2) is 10.2 Å². The Bertz CT molecular complexity index is 751. The predicted molar refractivity (Wildman–Crippen MR) is 84.9 cm³/mol. The fraction of sp³-hybridized carbons (Fsp3) is 0. The average Bonchev–Trinajstić information content (AvgIpc) is 2.51. The number of phenolic OH excluding ortho intramolecular Hbond substituents is 2. The van der Waals surface area contributed by atoms with Gasteiger partial charge in [0.25, 0.3) is 0 Å². The third-order valence-electron chi connectivity index (χ3n) is 3.25. The van der Waals surface area contributed by atoms with E-state index in [2.05, 4.69) is 5.32 Å². The molecule has 3 nitrogen and oxygen atoms in total. The molecule has 0 heterocycles. The minimum atomic E-state index is 0.215. The summed E-state index contributed by atoms with van der Waals surface area (Å²) in [6, 6.07) is 22.1. The van der Waals surface area contributed by atoms with Gasteiger partial charge in [-0.3, -0.25) is 0 Å². The lowest BCUT2D eigenvalue weighted by atomic mass is 10.0. The molecule has 0 atom stereocenters. The molecule has 3 N–H and O–H groups in total. The van der Waals surface area contributed by atoms with Crippen LogP contribution in [0.25, 0.3) is 11.1 Å². The topological polar surface area (TPSA) is 52.5 Å². The summed E-state index contributed by atoms with van der Waals surface area (Å²) in [6.07, 6.45) is 0. The predicted octanol–water partition coefficient (Wildman–Crippen LogP) is 4.51. The number of hydrogen-bond donors (Lipinski definition) is 3. The molecular formula is C18H15NO2. The lowest BCUT2D eigenvalue weighted by Gasteiger charge is -2.10. The van der Waals surface area contributed by atoms with Crippen molar-refractivity contribution in [3.05, 3.63) is 72.8 Å². The van der Waals surface area contributed by atoms with E-state index in [-0.39, 0.29) is 11.5 Å². The van der Waals surface area contributed by atoms with Gasteiger partial charge in [0.2, 0.25) is 0 Å². The zero-order valence-corrected chi connectivity index (χ0v) is 11.3. The number of hydrogen-bond acceptors (Lipinski definition) is 3. The highest BCUT2D eigenvalue weighted by atomic mass is 16.3. The van der Waals surface area contributed by atoms with Crippen LogP contribution < -0.4 is 5.32 Å². The third-order valence-corrected chi connectivity index (χ3v) is 3.25. The fourth-order valence-corrected chi connectivity index (χ4v) is 2.17. The maximum Gasteiger partial charge on any atom is 0.139 e. The van der Waals surface area contributed by atoms with Gasteiger partial charge in [-0.25, -0.2) is 0 Å². The first-order chi connectivity index (χ1) is 10.2. The van der Waals surface area contributed by atoms with E-state index in [0.29, 0.717) is 5.69 Å². The first-order valence-corrected chi connectivity index (χ1v) is 6.67. The van der Waals surface area contributed by atoms with Gasteiger partial charge in [0.1, 0.15) is 11.5 Å². The Morgan fingerprint density at radius 1 is 0.667 bits per heavy atom. The summed E-state index contributed by atoms with van der Waals surface area (Å²) in [5.74, 6) is 0.467. The number of aromatic hydroxyl groups is 2. The highest BCUT2D eigenvalue weighted by molar-refractivity contribution is 5.72. The van der Waals surface area contributed by atoms with Crippen LogP contribution in [0.15, 0.2) is 72.8 Å². The third kappa shape index (κ3) is 2.98. The van der Waals surface area contributed by atoms with Crippen molar-refractivity contribution in [2.45, 2.75) is 0 Å². The summed E-state index contributed by atoms with van der Waals surface area (Å²) in [7, 11) is 0. The van der Waals surface area contributed by atoms with Gasteiger partial charge in [-0.15, -0.1) is 0 Å². The molecule has 0 aromatic heterocycles. The van der Waals surface area contributed by atoms with Crippen LogP contribution in [0.3, 0.4) is 0 Å².